The van der Waals surface area contributed by atoms with Crippen LogP contribution in [0.25, 0.3) is 10.9 Å². The number of nitrogens with zero attached hydrogens (tertiary/aromatic N) is 2. The van der Waals surface area contributed by atoms with Gasteiger partial charge < -0.3 is 14.4 Å². The van der Waals surface area contributed by atoms with Crippen LogP contribution in [0, 0.1) is 0 Å². The van der Waals surface area contributed by atoms with E-state index in [9.17, 15) is 14.7 Å². The zero-order chi connectivity index (χ0) is 22.8. The second-order valence-corrected chi connectivity index (χ2v) is 10.2. The molecule has 1 saturated carbocycles. The number of aliphatic carboxylic acids is 1. The number of morpholine rings is 1. The molecule has 2 aliphatic heterocycles. The van der Waals surface area contributed by atoms with Crippen molar-refractivity contribution in [3.8, 4) is 0 Å². The lowest BCUT2D eigenvalue weighted by molar-refractivity contribution is -0.131. The summed E-state index contributed by atoms with van der Waals surface area (Å²) < 4.78 is 8.20. The van der Waals surface area contributed by atoms with Gasteiger partial charge in [0.15, 0.2) is 0 Å². The molecular weight excluding hydrogens is 416 g/mol. The van der Waals surface area contributed by atoms with Gasteiger partial charge in [-0.3, -0.25) is 9.69 Å². The number of ketones is 1. The average Bonchev–Trinajstić information content (AvgIpc) is 3.21. The first-order valence-corrected chi connectivity index (χ1v) is 12.9. The van der Waals surface area contributed by atoms with E-state index in [1.54, 1.807) is 6.20 Å². The maximum absolute atomic E-state index is 12.4. The van der Waals surface area contributed by atoms with Crippen molar-refractivity contribution in [2.75, 3.05) is 13.2 Å². The van der Waals surface area contributed by atoms with Crippen molar-refractivity contribution < 1.29 is 19.4 Å². The number of hydrogen-bond acceptors (Lipinski definition) is 4. The summed E-state index contributed by atoms with van der Waals surface area (Å²) >= 11 is 0. The molecule has 0 amide bonds. The number of benzene rings is 1. The summed E-state index contributed by atoms with van der Waals surface area (Å²) in [4.78, 5) is 26.6. The molecule has 6 heteroatoms. The van der Waals surface area contributed by atoms with Crippen LogP contribution in [0.5, 0.6) is 0 Å². The van der Waals surface area contributed by atoms with E-state index in [2.05, 4.69) is 9.47 Å². The molecule has 33 heavy (non-hydrogen) atoms. The van der Waals surface area contributed by atoms with Crippen LogP contribution in [0.1, 0.15) is 87.0 Å². The number of carbonyl (C=O) groups excluding carboxylic acids is 1. The summed E-state index contributed by atoms with van der Waals surface area (Å²) in [5.41, 5.74) is 1.26. The van der Waals surface area contributed by atoms with E-state index >= 15 is 0 Å². The Morgan fingerprint density at radius 1 is 0.818 bits per heavy atom. The minimum absolute atomic E-state index is 0.250. The smallest absolute Gasteiger partial charge is 0.377 e. The van der Waals surface area contributed by atoms with E-state index in [1.165, 1.54) is 57.8 Å². The number of rotatable bonds is 4. The number of carbonyl (C=O) groups is 2. The topological polar surface area (TPSA) is 71.8 Å². The first-order chi connectivity index (χ1) is 16.1. The van der Waals surface area contributed by atoms with E-state index in [-0.39, 0.29) is 6.04 Å². The predicted octanol–water partition coefficient (Wildman–Crippen LogP) is 5.21. The van der Waals surface area contributed by atoms with Crippen LogP contribution in [0.2, 0.25) is 0 Å². The highest BCUT2D eigenvalue weighted by Gasteiger charge is 2.43. The van der Waals surface area contributed by atoms with Crippen molar-refractivity contribution in [3.63, 3.8) is 0 Å². The molecule has 3 fully saturated rings. The highest BCUT2D eigenvalue weighted by atomic mass is 16.5. The Bertz CT molecular complexity index is 975. The molecule has 0 spiro atoms. The second-order valence-electron chi connectivity index (χ2n) is 10.2. The number of Topliss-reactive ketones (excluding diaryl/α,β-unsaturated/α-hetero) is 1. The van der Waals surface area contributed by atoms with E-state index in [0.29, 0.717) is 23.7 Å². The van der Waals surface area contributed by atoms with Gasteiger partial charge in [-0.1, -0.05) is 63.1 Å². The highest BCUT2D eigenvalue weighted by molar-refractivity contribution is 6.42. The Balaban J connectivity index is 1.40. The Morgan fingerprint density at radius 3 is 2.06 bits per heavy atom. The molecule has 2 saturated heterocycles. The SMILES string of the molecule is O=C(O)C(=O)c1cn(C2CC3COC[C@@H](C2)N3C2CCCCCCCCC2)c2ccccc12. The lowest BCUT2D eigenvalue weighted by atomic mass is 9.85. The third-order valence-electron chi connectivity index (χ3n) is 8.12. The van der Waals surface area contributed by atoms with Crippen LogP contribution in [-0.4, -0.2) is 57.7 Å². The summed E-state index contributed by atoms with van der Waals surface area (Å²) in [7, 11) is 0. The third-order valence-corrected chi connectivity index (χ3v) is 8.12. The Morgan fingerprint density at radius 2 is 1.42 bits per heavy atom. The molecule has 5 rings (SSSR count). The lowest BCUT2D eigenvalue weighted by Gasteiger charge is -2.52. The van der Waals surface area contributed by atoms with Crippen molar-refractivity contribution in [3.05, 3.63) is 36.0 Å². The minimum Gasteiger partial charge on any atom is -0.475 e. The molecule has 3 aliphatic rings. The number of carboxylic acids is 1. The monoisotopic (exact) mass is 452 g/mol. The molecule has 1 aliphatic carbocycles. The third kappa shape index (κ3) is 4.60. The Kier molecular flexibility index (Phi) is 6.84. The molecule has 2 bridgehead atoms. The van der Waals surface area contributed by atoms with E-state index in [1.807, 2.05) is 24.3 Å². The zero-order valence-electron chi connectivity index (χ0n) is 19.5. The summed E-state index contributed by atoms with van der Waals surface area (Å²) in [5.74, 6) is -2.22. The highest BCUT2D eigenvalue weighted by Crippen LogP contribution is 2.40. The van der Waals surface area contributed by atoms with Gasteiger partial charge >= 0.3 is 5.97 Å². The van der Waals surface area contributed by atoms with Gasteiger partial charge in [0, 0.05) is 41.3 Å². The van der Waals surface area contributed by atoms with Crippen LogP contribution in [0.15, 0.2) is 30.5 Å². The number of carboxylic acid groups (broad SMARTS) is 1. The van der Waals surface area contributed by atoms with Crippen LogP contribution in [0.4, 0.5) is 0 Å². The maximum Gasteiger partial charge on any atom is 0.377 e. The average molecular weight is 453 g/mol. The van der Waals surface area contributed by atoms with Crippen molar-refractivity contribution >= 4 is 22.7 Å². The fourth-order valence-corrected chi connectivity index (χ4v) is 6.63. The molecule has 1 aromatic carbocycles. The number of para-hydroxylation sites is 1. The van der Waals surface area contributed by atoms with Crippen molar-refractivity contribution in [2.45, 2.75) is 94.8 Å². The van der Waals surface area contributed by atoms with Crippen LogP contribution in [0.3, 0.4) is 0 Å². The summed E-state index contributed by atoms with van der Waals surface area (Å²) in [6, 6.07) is 9.37. The molecule has 1 aromatic heterocycles. The van der Waals surface area contributed by atoms with Gasteiger partial charge in [-0.05, 0) is 31.7 Å². The number of ether oxygens (including phenoxy) is 1. The van der Waals surface area contributed by atoms with Gasteiger partial charge in [-0.15, -0.1) is 0 Å². The molecule has 3 heterocycles. The quantitative estimate of drug-likeness (QED) is 0.510. The van der Waals surface area contributed by atoms with E-state index < -0.39 is 11.8 Å². The lowest BCUT2D eigenvalue weighted by Crippen LogP contribution is -2.60. The molecule has 2 aromatic rings. The van der Waals surface area contributed by atoms with Crippen LogP contribution >= 0.6 is 0 Å². The standard InChI is InChI=1S/C27H36N2O4/c30-26(27(31)32)24-16-28(25-13-9-8-12-23(24)25)20-14-21-17-33-18-22(15-20)29(21)19-10-6-4-2-1-3-5-7-11-19/h8-9,12-13,16,19-22H,1-7,10-11,14-15,17-18H2,(H,31,32)/t20?,21-,22?/m1/s1. The van der Waals surface area contributed by atoms with Gasteiger partial charge in [0.05, 0.1) is 18.8 Å². The summed E-state index contributed by atoms with van der Waals surface area (Å²) in [5, 5.41) is 10.1. The molecule has 178 valence electrons. The Labute approximate surface area is 195 Å². The predicted molar refractivity (Wildman–Crippen MR) is 128 cm³/mol. The van der Waals surface area contributed by atoms with Gasteiger partial charge in [0.2, 0.25) is 0 Å². The number of fused-ring (bicyclic) bond motifs is 3. The van der Waals surface area contributed by atoms with Gasteiger partial charge in [-0.2, -0.15) is 0 Å². The van der Waals surface area contributed by atoms with Gasteiger partial charge in [-0.25, -0.2) is 4.79 Å². The van der Waals surface area contributed by atoms with Crippen molar-refractivity contribution in [2.24, 2.45) is 0 Å². The van der Waals surface area contributed by atoms with E-state index in [0.717, 1.165) is 37.0 Å². The molecule has 3 atom stereocenters. The molecular formula is C27H36N2O4. The number of piperidine rings is 1. The second kappa shape index (κ2) is 9.98. The summed E-state index contributed by atoms with van der Waals surface area (Å²) in [6.07, 6.45) is 15.9. The number of hydrogen-bond donors (Lipinski definition) is 1. The molecule has 6 nitrogen and oxygen atoms in total. The van der Waals surface area contributed by atoms with Gasteiger partial charge in [0.25, 0.3) is 5.78 Å². The fraction of sp³-hybridized carbons (Fsp3) is 0.630. The zero-order valence-corrected chi connectivity index (χ0v) is 19.5. The van der Waals surface area contributed by atoms with Gasteiger partial charge in [0.1, 0.15) is 0 Å². The maximum atomic E-state index is 12.4. The number of aromatic nitrogens is 1. The van der Waals surface area contributed by atoms with Crippen molar-refractivity contribution in [1.29, 1.82) is 0 Å². The van der Waals surface area contributed by atoms with Crippen LogP contribution < -0.4 is 0 Å². The van der Waals surface area contributed by atoms with Crippen LogP contribution in [-0.2, 0) is 9.53 Å². The normalized spacial score (nSPS) is 27.9. The molecule has 0 radical (unpaired) electrons. The first-order valence-electron chi connectivity index (χ1n) is 12.9. The minimum atomic E-state index is -1.39. The molecule has 2 unspecified atom stereocenters. The van der Waals surface area contributed by atoms with E-state index in [4.69, 9.17) is 4.74 Å². The fourth-order valence-electron chi connectivity index (χ4n) is 6.63. The summed E-state index contributed by atoms with van der Waals surface area (Å²) in [6.45, 7) is 1.53. The largest absolute Gasteiger partial charge is 0.475 e. The first kappa shape index (κ1) is 22.6. The molecule has 1 N–H and O–H groups in total. The van der Waals surface area contributed by atoms with Crippen molar-refractivity contribution in [1.82, 2.24) is 9.47 Å². The Hall–Kier alpha value is -2.18.